The number of rotatable bonds is 3. The van der Waals surface area contributed by atoms with Crippen molar-refractivity contribution < 1.29 is 14.4 Å². The highest BCUT2D eigenvalue weighted by molar-refractivity contribution is 5.93. The van der Waals surface area contributed by atoms with Gasteiger partial charge in [0.1, 0.15) is 17.3 Å². The third-order valence-electron chi connectivity index (χ3n) is 9.24. The summed E-state index contributed by atoms with van der Waals surface area (Å²) in [6.45, 7) is 6.69. The maximum atomic E-state index is 13.4. The standard InChI is InChI=1S/C23H34O3/c1-4-5-6-14-7-8-17-21-18(13-20(26)23(14,17)3)22(2)10-9-16(24)11-15(22)12-19(21)25/h14-15,17-18,21H,4-13H2,1-3H3. The molecule has 4 saturated carbocycles. The van der Waals surface area contributed by atoms with Crippen LogP contribution < -0.4 is 0 Å². The highest BCUT2D eigenvalue weighted by Gasteiger charge is 2.65. The molecule has 0 aromatic heterocycles. The van der Waals surface area contributed by atoms with Crippen molar-refractivity contribution >= 4 is 17.3 Å². The number of carbonyl (C=O) groups is 3. The Hall–Kier alpha value is -0.990. The van der Waals surface area contributed by atoms with Gasteiger partial charge in [-0.2, -0.15) is 0 Å². The van der Waals surface area contributed by atoms with Gasteiger partial charge in [-0.15, -0.1) is 0 Å². The van der Waals surface area contributed by atoms with Crippen LogP contribution >= 0.6 is 0 Å². The Kier molecular flexibility index (Phi) is 4.44. The minimum atomic E-state index is -0.278. The van der Waals surface area contributed by atoms with E-state index in [1.165, 1.54) is 12.8 Å². The highest BCUT2D eigenvalue weighted by atomic mass is 16.1. The summed E-state index contributed by atoms with van der Waals surface area (Å²) in [4.78, 5) is 38.6. The molecule has 0 aromatic rings. The average Bonchev–Trinajstić information content (AvgIpc) is 2.93. The summed E-state index contributed by atoms with van der Waals surface area (Å²) in [5, 5.41) is 0. The van der Waals surface area contributed by atoms with Gasteiger partial charge in [0.15, 0.2) is 0 Å². The van der Waals surface area contributed by atoms with Crippen LogP contribution in [-0.2, 0) is 14.4 Å². The van der Waals surface area contributed by atoms with Crippen LogP contribution in [-0.4, -0.2) is 17.3 Å². The molecule has 4 aliphatic carbocycles. The minimum absolute atomic E-state index is 0.00494. The van der Waals surface area contributed by atoms with Crippen LogP contribution in [0.3, 0.4) is 0 Å². The smallest absolute Gasteiger partial charge is 0.139 e. The molecule has 0 aliphatic heterocycles. The number of Topliss-reactive ketones (excluding diaryl/α,β-unsaturated/α-hetero) is 3. The minimum Gasteiger partial charge on any atom is -0.300 e. The molecule has 0 amide bonds. The predicted molar refractivity (Wildman–Crippen MR) is 101 cm³/mol. The van der Waals surface area contributed by atoms with Crippen LogP contribution in [0.15, 0.2) is 0 Å². The molecule has 0 radical (unpaired) electrons. The van der Waals surface area contributed by atoms with Crippen molar-refractivity contribution in [3.05, 3.63) is 0 Å². The zero-order valence-corrected chi connectivity index (χ0v) is 16.7. The van der Waals surface area contributed by atoms with Gasteiger partial charge in [0.25, 0.3) is 0 Å². The van der Waals surface area contributed by atoms with Crippen molar-refractivity contribution in [2.45, 2.75) is 85.0 Å². The van der Waals surface area contributed by atoms with E-state index in [2.05, 4.69) is 20.8 Å². The molecule has 3 nitrogen and oxygen atoms in total. The third kappa shape index (κ3) is 2.41. The summed E-state index contributed by atoms with van der Waals surface area (Å²) in [7, 11) is 0. The first-order valence-electron chi connectivity index (χ1n) is 10.9. The molecular formula is C23H34O3. The van der Waals surface area contributed by atoms with Crippen molar-refractivity contribution in [1.29, 1.82) is 0 Å². The Morgan fingerprint density at radius 3 is 2.50 bits per heavy atom. The highest BCUT2D eigenvalue weighted by Crippen LogP contribution is 2.65. The normalized spacial score (nSPS) is 48.1. The molecular weight excluding hydrogens is 324 g/mol. The number of hydrogen-bond acceptors (Lipinski definition) is 3. The van der Waals surface area contributed by atoms with E-state index in [0.29, 0.717) is 49.0 Å². The molecule has 26 heavy (non-hydrogen) atoms. The lowest BCUT2D eigenvalue weighted by molar-refractivity contribution is -0.165. The Bertz CT molecular complexity index is 637. The van der Waals surface area contributed by atoms with Crippen LogP contribution in [0, 0.1) is 40.4 Å². The van der Waals surface area contributed by atoms with E-state index in [1.807, 2.05) is 0 Å². The molecule has 144 valence electrons. The topological polar surface area (TPSA) is 51.2 Å². The largest absolute Gasteiger partial charge is 0.300 e. The molecule has 4 fully saturated rings. The van der Waals surface area contributed by atoms with Gasteiger partial charge in [-0.05, 0) is 54.8 Å². The van der Waals surface area contributed by atoms with Crippen molar-refractivity contribution in [1.82, 2.24) is 0 Å². The first-order valence-corrected chi connectivity index (χ1v) is 10.9. The van der Waals surface area contributed by atoms with E-state index in [0.717, 1.165) is 25.7 Å². The molecule has 0 aromatic carbocycles. The van der Waals surface area contributed by atoms with E-state index in [1.54, 1.807) is 0 Å². The van der Waals surface area contributed by atoms with Gasteiger partial charge in [-0.3, -0.25) is 14.4 Å². The molecule has 0 heterocycles. The van der Waals surface area contributed by atoms with Crippen LogP contribution in [0.25, 0.3) is 0 Å². The van der Waals surface area contributed by atoms with E-state index in [4.69, 9.17) is 0 Å². The van der Waals surface area contributed by atoms with Gasteiger partial charge < -0.3 is 0 Å². The summed E-state index contributed by atoms with van der Waals surface area (Å²) in [5.74, 6) is 2.24. The number of ketones is 3. The zero-order chi connectivity index (χ0) is 18.7. The fourth-order valence-electron chi connectivity index (χ4n) is 7.48. The molecule has 7 unspecified atom stereocenters. The van der Waals surface area contributed by atoms with Crippen LogP contribution in [0.4, 0.5) is 0 Å². The molecule has 7 atom stereocenters. The number of fused-ring (bicyclic) bond motifs is 5. The molecule has 4 aliphatic rings. The van der Waals surface area contributed by atoms with Crippen molar-refractivity contribution in [2.24, 2.45) is 40.4 Å². The lowest BCUT2D eigenvalue weighted by Crippen LogP contribution is -2.59. The summed E-state index contributed by atoms with van der Waals surface area (Å²) in [6, 6.07) is 0. The molecule has 0 bridgehead atoms. The van der Waals surface area contributed by atoms with Crippen LogP contribution in [0.2, 0.25) is 0 Å². The Morgan fingerprint density at radius 2 is 1.77 bits per heavy atom. The Labute approximate surface area is 157 Å². The average molecular weight is 359 g/mol. The third-order valence-corrected chi connectivity index (χ3v) is 9.24. The number of hydrogen-bond donors (Lipinski definition) is 0. The predicted octanol–water partition coefficient (Wildman–Crippen LogP) is 4.76. The summed E-state index contributed by atoms with van der Waals surface area (Å²) in [5.41, 5.74) is -0.273. The number of carbonyl (C=O) groups excluding carboxylic acids is 3. The van der Waals surface area contributed by atoms with E-state index in [9.17, 15) is 14.4 Å². The zero-order valence-electron chi connectivity index (χ0n) is 16.7. The Balaban J connectivity index is 1.67. The lowest BCUT2D eigenvalue weighted by Gasteiger charge is -2.58. The fourth-order valence-corrected chi connectivity index (χ4v) is 7.48. The molecule has 3 heteroatoms. The van der Waals surface area contributed by atoms with Crippen molar-refractivity contribution in [3.63, 3.8) is 0 Å². The monoisotopic (exact) mass is 358 g/mol. The second-order valence-corrected chi connectivity index (χ2v) is 10.2. The van der Waals surface area contributed by atoms with Crippen molar-refractivity contribution in [2.75, 3.05) is 0 Å². The van der Waals surface area contributed by atoms with Gasteiger partial charge >= 0.3 is 0 Å². The molecule has 0 N–H and O–H groups in total. The molecule has 0 spiro atoms. The van der Waals surface area contributed by atoms with E-state index >= 15 is 0 Å². The Morgan fingerprint density at radius 1 is 1.00 bits per heavy atom. The second kappa shape index (κ2) is 6.27. The quantitative estimate of drug-likeness (QED) is 0.730. The van der Waals surface area contributed by atoms with Crippen LogP contribution in [0.1, 0.15) is 85.0 Å². The van der Waals surface area contributed by atoms with Gasteiger partial charge in [-0.25, -0.2) is 0 Å². The van der Waals surface area contributed by atoms with Gasteiger partial charge in [0.05, 0.1) is 0 Å². The second-order valence-electron chi connectivity index (χ2n) is 10.2. The van der Waals surface area contributed by atoms with Gasteiger partial charge in [-0.1, -0.05) is 33.6 Å². The van der Waals surface area contributed by atoms with Gasteiger partial charge in [0.2, 0.25) is 0 Å². The molecule has 4 rings (SSSR count). The number of unbranched alkanes of at least 4 members (excludes halogenated alkanes) is 1. The summed E-state index contributed by atoms with van der Waals surface area (Å²) < 4.78 is 0. The fraction of sp³-hybridized carbons (Fsp3) is 0.870. The molecule has 0 saturated heterocycles. The van der Waals surface area contributed by atoms with Crippen LogP contribution in [0.5, 0.6) is 0 Å². The lowest BCUT2D eigenvalue weighted by atomic mass is 9.44. The summed E-state index contributed by atoms with van der Waals surface area (Å²) >= 11 is 0. The maximum absolute atomic E-state index is 13.4. The maximum Gasteiger partial charge on any atom is 0.139 e. The van der Waals surface area contributed by atoms with Gasteiger partial charge in [0, 0.05) is 37.0 Å². The van der Waals surface area contributed by atoms with Crippen molar-refractivity contribution in [3.8, 4) is 0 Å². The first kappa shape index (κ1) is 18.4. The van der Waals surface area contributed by atoms with E-state index < -0.39 is 0 Å². The first-order chi connectivity index (χ1) is 12.3. The van der Waals surface area contributed by atoms with E-state index in [-0.39, 0.29) is 34.5 Å². The SMILES string of the molecule is CCCCC1CCC2C3C(=O)CC4CC(=O)CCC4(C)C3CC(=O)C12C. The summed E-state index contributed by atoms with van der Waals surface area (Å²) in [6.07, 6.45) is 8.87.